The summed E-state index contributed by atoms with van der Waals surface area (Å²) in [6.45, 7) is 0.303. The van der Waals surface area contributed by atoms with Gasteiger partial charge in [0.15, 0.2) is 0 Å². The minimum atomic E-state index is -4.41. The second-order valence-corrected chi connectivity index (χ2v) is 7.71. The first-order valence-electron chi connectivity index (χ1n) is 8.76. The third-order valence-electron chi connectivity index (χ3n) is 5.10. The van der Waals surface area contributed by atoms with E-state index in [0.717, 1.165) is 37.8 Å². The van der Waals surface area contributed by atoms with Gasteiger partial charge in [0.25, 0.3) is 0 Å². The molecule has 142 valence electrons. The SMILES string of the molecule is N=C1C(c2nc(-c3cccc(C(F)(F)F)c3)cs2)=C(O)CN1C1CCCC1. The summed E-state index contributed by atoms with van der Waals surface area (Å²) < 4.78 is 38.8. The van der Waals surface area contributed by atoms with Gasteiger partial charge in [-0.1, -0.05) is 25.0 Å². The number of nitrogens with one attached hydrogen (secondary N) is 1. The van der Waals surface area contributed by atoms with Crippen molar-refractivity contribution in [2.75, 3.05) is 6.54 Å². The molecule has 1 aromatic heterocycles. The molecular weight excluding hydrogens is 375 g/mol. The zero-order valence-electron chi connectivity index (χ0n) is 14.4. The lowest BCUT2D eigenvalue weighted by Gasteiger charge is -2.25. The van der Waals surface area contributed by atoms with Crippen LogP contribution in [-0.4, -0.2) is 33.4 Å². The molecule has 27 heavy (non-hydrogen) atoms. The van der Waals surface area contributed by atoms with Crippen molar-refractivity contribution in [3.05, 3.63) is 46.0 Å². The standard InChI is InChI=1S/C19H18F3N3OS/c20-19(21,22)12-5-3-4-11(8-12)14-10-27-18(24-14)16-15(26)9-25(17(16)23)13-6-1-2-7-13/h3-5,8,10,13,23,26H,1-2,6-7,9H2. The number of halogens is 3. The van der Waals surface area contributed by atoms with Crippen LogP contribution in [0.4, 0.5) is 13.2 Å². The lowest BCUT2D eigenvalue weighted by molar-refractivity contribution is -0.137. The van der Waals surface area contributed by atoms with Gasteiger partial charge in [-0.2, -0.15) is 13.2 Å². The van der Waals surface area contributed by atoms with Crippen molar-refractivity contribution < 1.29 is 18.3 Å². The highest BCUT2D eigenvalue weighted by molar-refractivity contribution is 7.11. The number of alkyl halides is 3. The summed E-state index contributed by atoms with van der Waals surface area (Å²) in [6, 6.07) is 5.29. The highest BCUT2D eigenvalue weighted by Crippen LogP contribution is 2.37. The molecule has 2 N–H and O–H groups in total. The topological polar surface area (TPSA) is 60.2 Å². The first kappa shape index (κ1) is 18.0. The summed E-state index contributed by atoms with van der Waals surface area (Å²) in [5.74, 6) is 0.362. The van der Waals surface area contributed by atoms with E-state index in [1.165, 1.54) is 17.4 Å². The molecule has 0 spiro atoms. The molecule has 2 heterocycles. The highest BCUT2D eigenvalue weighted by Gasteiger charge is 2.35. The van der Waals surface area contributed by atoms with E-state index in [-0.39, 0.29) is 17.6 Å². The first-order valence-corrected chi connectivity index (χ1v) is 9.64. The van der Waals surface area contributed by atoms with Gasteiger partial charge in [0.1, 0.15) is 16.6 Å². The number of benzene rings is 1. The highest BCUT2D eigenvalue weighted by atomic mass is 32.1. The number of hydrogen-bond acceptors (Lipinski definition) is 4. The van der Waals surface area contributed by atoms with Crippen molar-refractivity contribution in [2.24, 2.45) is 0 Å². The minimum Gasteiger partial charge on any atom is -0.510 e. The van der Waals surface area contributed by atoms with Gasteiger partial charge in [0.2, 0.25) is 0 Å². The molecule has 0 bridgehead atoms. The number of amidine groups is 1. The quantitative estimate of drug-likeness (QED) is 0.741. The fraction of sp³-hybridized carbons (Fsp3) is 0.368. The number of nitrogens with zero attached hydrogens (tertiary/aromatic N) is 2. The fourth-order valence-corrected chi connectivity index (χ4v) is 4.62. The van der Waals surface area contributed by atoms with Crippen molar-refractivity contribution in [1.82, 2.24) is 9.88 Å². The molecule has 1 aliphatic heterocycles. The molecule has 1 fully saturated rings. The number of hydrogen-bond donors (Lipinski definition) is 2. The van der Waals surface area contributed by atoms with Crippen LogP contribution in [0.25, 0.3) is 16.8 Å². The van der Waals surface area contributed by atoms with Crippen LogP contribution in [0.5, 0.6) is 0 Å². The van der Waals surface area contributed by atoms with Crippen LogP contribution in [0.3, 0.4) is 0 Å². The molecule has 0 atom stereocenters. The molecule has 1 saturated carbocycles. The minimum absolute atomic E-state index is 0.108. The lowest BCUT2D eigenvalue weighted by Crippen LogP contribution is -2.35. The molecule has 2 aliphatic rings. The van der Waals surface area contributed by atoms with Gasteiger partial charge in [0.05, 0.1) is 23.4 Å². The molecule has 2 aromatic rings. The van der Waals surface area contributed by atoms with Gasteiger partial charge >= 0.3 is 6.18 Å². The third kappa shape index (κ3) is 3.34. The molecule has 0 saturated heterocycles. The Morgan fingerprint density at radius 1 is 1.22 bits per heavy atom. The second-order valence-electron chi connectivity index (χ2n) is 6.85. The van der Waals surface area contributed by atoms with Crippen LogP contribution in [0.1, 0.15) is 36.3 Å². The van der Waals surface area contributed by atoms with Gasteiger partial charge in [0, 0.05) is 17.0 Å². The smallest absolute Gasteiger partial charge is 0.416 e. The maximum absolute atomic E-state index is 12.9. The second kappa shape index (κ2) is 6.67. The van der Waals surface area contributed by atoms with Gasteiger partial charge in [-0.15, -0.1) is 11.3 Å². The lowest BCUT2D eigenvalue weighted by atomic mass is 10.1. The van der Waals surface area contributed by atoms with E-state index < -0.39 is 11.7 Å². The molecule has 4 nitrogen and oxygen atoms in total. The van der Waals surface area contributed by atoms with Crippen LogP contribution in [-0.2, 0) is 6.18 Å². The number of rotatable bonds is 3. The molecule has 8 heteroatoms. The van der Waals surface area contributed by atoms with Gasteiger partial charge in [-0.25, -0.2) is 4.98 Å². The molecule has 4 rings (SSSR count). The number of aliphatic hydroxyl groups is 1. The molecule has 0 unspecified atom stereocenters. The van der Waals surface area contributed by atoms with E-state index in [0.29, 0.717) is 28.4 Å². The number of aromatic nitrogens is 1. The van der Waals surface area contributed by atoms with Crippen LogP contribution in [0, 0.1) is 5.41 Å². The van der Waals surface area contributed by atoms with Crippen LogP contribution in [0.15, 0.2) is 35.4 Å². The maximum Gasteiger partial charge on any atom is 0.416 e. The summed E-state index contributed by atoms with van der Waals surface area (Å²) in [7, 11) is 0. The van der Waals surface area contributed by atoms with Crippen molar-refractivity contribution in [1.29, 1.82) is 5.41 Å². The summed E-state index contributed by atoms with van der Waals surface area (Å²) >= 11 is 1.23. The van der Waals surface area contributed by atoms with Crippen LogP contribution in [0.2, 0.25) is 0 Å². The summed E-state index contributed by atoms with van der Waals surface area (Å²) in [4.78, 5) is 6.32. The van der Waals surface area contributed by atoms with Crippen molar-refractivity contribution >= 4 is 22.7 Å². The average Bonchev–Trinajstić information content (AvgIpc) is 3.35. The monoisotopic (exact) mass is 393 g/mol. The normalized spacial score (nSPS) is 18.8. The predicted octanol–water partition coefficient (Wildman–Crippen LogP) is 5.33. The van der Waals surface area contributed by atoms with E-state index in [1.807, 2.05) is 4.90 Å². The fourth-order valence-electron chi connectivity index (χ4n) is 3.73. The van der Waals surface area contributed by atoms with E-state index >= 15 is 0 Å². The van der Waals surface area contributed by atoms with Gasteiger partial charge < -0.3 is 10.0 Å². The first-order chi connectivity index (χ1) is 12.8. The zero-order valence-corrected chi connectivity index (χ0v) is 15.2. The van der Waals surface area contributed by atoms with Crippen molar-refractivity contribution in [3.8, 4) is 11.3 Å². The van der Waals surface area contributed by atoms with Crippen LogP contribution < -0.4 is 0 Å². The summed E-state index contributed by atoms with van der Waals surface area (Å²) in [6.07, 6.45) is -0.138. The predicted molar refractivity (Wildman–Crippen MR) is 98.8 cm³/mol. The Bertz CT molecular complexity index is 913. The number of thiazole rings is 1. The van der Waals surface area contributed by atoms with Gasteiger partial charge in [-0.05, 0) is 25.0 Å². The largest absolute Gasteiger partial charge is 0.510 e. The average molecular weight is 393 g/mol. The Morgan fingerprint density at radius 3 is 2.67 bits per heavy atom. The van der Waals surface area contributed by atoms with Crippen LogP contribution >= 0.6 is 11.3 Å². The Morgan fingerprint density at radius 2 is 1.96 bits per heavy atom. The summed E-state index contributed by atoms with van der Waals surface area (Å²) in [5.41, 5.74) is 0.445. The molecule has 1 aromatic carbocycles. The Kier molecular flexibility index (Phi) is 4.46. The maximum atomic E-state index is 12.9. The summed E-state index contributed by atoms with van der Waals surface area (Å²) in [5, 5.41) is 21.0. The van der Waals surface area contributed by atoms with E-state index in [9.17, 15) is 18.3 Å². The molecule has 0 amide bonds. The Labute approximate surface area is 158 Å². The Hall–Kier alpha value is -2.35. The van der Waals surface area contributed by atoms with E-state index in [1.54, 1.807) is 11.4 Å². The van der Waals surface area contributed by atoms with Crippen molar-refractivity contribution in [3.63, 3.8) is 0 Å². The molecule has 1 aliphatic carbocycles. The Balaban J connectivity index is 1.61. The molecular formula is C19H18F3N3OS. The van der Waals surface area contributed by atoms with Crippen molar-refractivity contribution in [2.45, 2.75) is 37.9 Å². The van der Waals surface area contributed by atoms with Gasteiger partial charge in [-0.3, -0.25) is 5.41 Å². The third-order valence-corrected chi connectivity index (χ3v) is 5.96. The molecule has 0 radical (unpaired) electrons. The number of aliphatic hydroxyl groups excluding tert-OH is 1. The van der Waals surface area contributed by atoms with E-state index in [2.05, 4.69) is 4.98 Å². The van der Waals surface area contributed by atoms with E-state index in [4.69, 9.17) is 5.41 Å². The zero-order chi connectivity index (χ0) is 19.2.